The second-order valence-corrected chi connectivity index (χ2v) is 12.3. The highest BCUT2D eigenvalue weighted by Gasteiger charge is 2.47. The molecule has 3 N–H and O–H groups in total. The molecule has 0 saturated carbocycles. The number of ether oxygens (including phenoxy) is 1. The van der Waals surface area contributed by atoms with Crippen LogP contribution in [0.2, 0.25) is 0 Å². The van der Waals surface area contributed by atoms with E-state index in [0.717, 1.165) is 68.8 Å². The van der Waals surface area contributed by atoms with E-state index >= 15 is 0 Å². The van der Waals surface area contributed by atoms with E-state index in [1.807, 2.05) is 18.2 Å². The molecule has 0 saturated heterocycles. The van der Waals surface area contributed by atoms with Crippen LogP contribution in [0.5, 0.6) is 5.75 Å². The third-order valence-corrected chi connectivity index (χ3v) is 9.15. The molecular weight excluding hydrogens is 526 g/mol. The molecule has 218 valence electrons. The van der Waals surface area contributed by atoms with Gasteiger partial charge < -0.3 is 25.4 Å². The molecular formula is C32H44ClN3O4. The summed E-state index contributed by atoms with van der Waals surface area (Å²) in [6, 6.07) is 5.28. The van der Waals surface area contributed by atoms with E-state index in [4.69, 9.17) is 22.1 Å². The second-order valence-electron chi connectivity index (χ2n) is 11.8. The first-order valence-electron chi connectivity index (χ1n) is 14.6. The van der Waals surface area contributed by atoms with Gasteiger partial charge in [-0.2, -0.15) is 0 Å². The lowest BCUT2D eigenvalue weighted by molar-refractivity contribution is -0.155. The van der Waals surface area contributed by atoms with Crippen molar-refractivity contribution in [3.63, 3.8) is 0 Å². The van der Waals surface area contributed by atoms with Crippen molar-refractivity contribution in [2.75, 3.05) is 38.2 Å². The molecule has 0 aromatic heterocycles. The van der Waals surface area contributed by atoms with E-state index in [9.17, 15) is 14.7 Å². The van der Waals surface area contributed by atoms with E-state index in [1.165, 1.54) is 4.90 Å². The fourth-order valence-electron chi connectivity index (χ4n) is 6.07. The average Bonchev–Trinajstić information content (AvgIpc) is 2.96. The molecule has 0 fully saturated rings. The number of nitrogens with zero attached hydrogens (tertiary/aromatic N) is 2. The Labute approximate surface area is 243 Å². The Morgan fingerprint density at radius 2 is 1.90 bits per heavy atom. The predicted octanol–water partition coefficient (Wildman–Crippen LogP) is 5.27. The number of anilines is 1. The number of primary amides is 1. The standard InChI is InChI=1S/C32H44ClN3O4/c1-23-29(37)35(3)17-9-6-4-5-7-10-18-36-19-11-8-12-24-20-26(33)15-16-31(24,2)22-40-28-14-13-25(21-27(28)36)32(23,39)30(34)38/h6,9,13-16,20-21,23-24,39H,4-5,7-8,10-12,17-19,22H2,1-3H3,(H2,34,38)/b9-6-/t23-,24?,31?,32-/m0/s1. The van der Waals surface area contributed by atoms with Crippen LogP contribution in [0, 0.1) is 17.3 Å². The first kappa shape index (κ1) is 30.2. The zero-order chi connectivity index (χ0) is 28.9. The van der Waals surface area contributed by atoms with Crippen LogP contribution in [0.25, 0.3) is 0 Å². The Bertz CT molecular complexity index is 1180. The third-order valence-electron chi connectivity index (χ3n) is 8.90. The number of carbonyl (C=O) groups is 2. The van der Waals surface area contributed by atoms with Gasteiger partial charge in [-0.15, -0.1) is 0 Å². The molecule has 0 radical (unpaired) electrons. The number of carbonyl (C=O) groups excluding carboxylic acids is 2. The number of fused-ring (bicyclic) bond motifs is 2. The molecule has 0 spiro atoms. The molecule has 2 unspecified atom stereocenters. The molecule has 1 aromatic carbocycles. The van der Waals surface area contributed by atoms with Gasteiger partial charge in [-0.25, -0.2) is 0 Å². The number of rotatable bonds is 1. The number of hydrogen-bond donors (Lipinski definition) is 2. The Hall–Kier alpha value is -2.77. The highest BCUT2D eigenvalue weighted by atomic mass is 35.5. The van der Waals surface area contributed by atoms with Gasteiger partial charge in [-0.05, 0) is 68.7 Å². The lowest BCUT2D eigenvalue weighted by Crippen LogP contribution is -2.52. The number of amides is 2. The molecule has 4 rings (SSSR count). The summed E-state index contributed by atoms with van der Waals surface area (Å²) in [5.74, 6) is -1.42. The second kappa shape index (κ2) is 12.8. The first-order chi connectivity index (χ1) is 19.1. The quantitative estimate of drug-likeness (QED) is 0.449. The Kier molecular flexibility index (Phi) is 9.68. The van der Waals surface area contributed by atoms with E-state index < -0.39 is 17.4 Å². The van der Waals surface area contributed by atoms with Gasteiger partial charge in [0.15, 0.2) is 5.60 Å². The molecule has 1 aliphatic carbocycles. The Morgan fingerprint density at radius 3 is 2.65 bits per heavy atom. The van der Waals surface area contributed by atoms with Crippen LogP contribution < -0.4 is 15.4 Å². The summed E-state index contributed by atoms with van der Waals surface area (Å²) in [5, 5.41) is 12.6. The van der Waals surface area contributed by atoms with Crippen molar-refractivity contribution in [3.05, 3.63) is 59.2 Å². The predicted molar refractivity (Wildman–Crippen MR) is 160 cm³/mol. The smallest absolute Gasteiger partial charge is 0.254 e. The molecule has 1 aromatic rings. The minimum absolute atomic E-state index is 0.218. The van der Waals surface area contributed by atoms with Gasteiger partial charge in [-0.1, -0.05) is 61.7 Å². The van der Waals surface area contributed by atoms with E-state index in [-0.39, 0.29) is 17.2 Å². The van der Waals surface area contributed by atoms with Crippen LogP contribution in [-0.2, 0) is 15.2 Å². The summed E-state index contributed by atoms with van der Waals surface area (Å²) in [4.78, 5) is 30.0. The average molecular weight is 570 g/mol. The monoisotopic (exact) mass is 569 g/mol. The van der Waals surface area contributed by atoms with Gasteiger partial charge >= 0.3 is 0 Å². The number of nitrogens with two attached hydrogens (primary N) is 1. The van der Waals surface area contributed by atoms with Gasteiger partial charge in [0.05, 0.1) is 18.2 Å². The normalized spacial score (nSPS) is 31.3. The first-order valence-corrected chi connectivity index (χ1v) is 14.9. The maximum Gasteiger partial charge on any atom is 0.254 e. The van der Waals surface area contributed by atoms with Gasteiger partial charge in [0.1, 0.15) is 5.75 Å². The minimum atomic E-state index is -2.18. The van der Waals surface area contributed by atoms with E-state index in [1.54, 1.807) is 26.1 Å². The SMILES string of the molecule is C[C@H]1C(=O)N(C)C/C=C\CCCCCN2CCCCC3C=C(Cl)C=CC3(C)COc3ccc(cc32)[C@]1(O)C(N)=O. The number of benzene rings is 1. The van der Waals surface area contributed by atoms with E-state index in [2.05, 4.69) is 30.1 Å². The molecule has 4 atom stereocenters. The molecule has 7 nitrogen and oxygen atoms in total. The topological polar surface area (TPSA) is 96.1 Å². The van der Waals surface area contributed by atoms with Crippen molar-refractivity contribution in [1.29, 1.82) is 0 Å². The van der Waals surface area contributed by atoms with Crippen LogP contribution in [0.15, 0.2) is 53.6 Å². The maximum absolute atomic E-state index is 13.3. The van der Waals surface area contributed by atoms with Crippen molar-refractivity contribution in [2.45, 2.75) is 64.4 Å². The summed E-state index contributed by atoms with van der Waals surface area (Å²) in [6.07, 6.45) is 17.4. The maximum atomic E-state index is 13.3. The Balaban J connectivity index is 1.78. The number of hydrogen-bond acceptors (Lipinski definition) is 5. The minimum Gasteiger partial charge on any atom is -0.490 e. The van der Waals surface area contributed by atoms with Crippen LogP contribution in [0.4, 0.5) is 5.69 Å². The number of aliphatic hydroxyl groups is 1. The van der Waals surface area contributed by atoms with Crippen LogP contribution in [0.3, 0.4) is 0 Å². The van der Waals surface area contributed by atoms with E-state index in [0.29, 0.717) is 24.5 Å². The third kappa shape index (κ3) is 6.41. The number of likely N-dealkylation sites (N-methyl/N-ethyl adjacent to an activating group) is 1. The fourth-order valence-corrected chi connectivity index (χ4v) is 6.29. The Morgan fingerprint density at radius 1 is 1.15 bits per heavy atom. The molecule has 2 amide bonds. The molecule has 3 aliphatic rings. The summed E-state index contributed by atoms with van der Waals surface area (Å²) in [7, 11) is 1.68. The molecule has 2 heterocycles. The summed E-state index contributed by atoms with van der Waals surface area (Å²) < 4.78 is 6.54. The number of halogens is 1. The zero-order valence-corrected chi connectivity index (χ0v) is 24.8. The number of allylic oxidation sites excluding steroid dienone is 4. The van der Waals surface area contributed by atoms with Crippen LogP contribution in [0.1, 0.15) is 64.4 Å². The van der Waals surface area contributed by atoms with Crippen LogP contribution in [-0.4, -0.2) is 55.1 Å². The lowest BCUT2D eigenvalue weighted by atomic mass is 9.72. The molecule has 2 aliphatic heterocycles. The molecule has 40 heavy (non-hydrogen) atoms. The van der Waals surface area contributed by atoms with Crippen molar-refractivity contribution in [2.24, 2.45) is 23.0 Å². The highest BCUT2D eigenvalue weighted by molar-refractivity contribution is 6.31. The van der Waals surface area contributed by atoms with Gasteiger partial charge in [0.2, 0.25) is 5.91 Å². The largest absolute Gasteiger partial charge is 0.490 e. The van der Waals surface area contributed by atoms with Gasteiger partial charge in [0, 0.05) is 37.1 Å². The zero-order valence-electron chi connectivity index (χ0n) is 24.1. The van der Waals surface area contributed by atoms with Crippen molar-refractivity contribution in [3.8, 4) is 5.75 Å². The fraction of sp³-hybridized carbons (Fsp3) is 0.562. The molecule has 8 heteroatoms. The van der Waals surface area contributed by atoms with Crippen molar-refractivity contribution < 1.29 is 19.4 Å². The van der Waals surface area contributed by atoms with Crippen molar-refractivity contribution >= 4 is 29.1 Å². The summed E-state index contributed by atoms with van der Waals surface area (Å²) in [6.45, 7) is 6.26. The highest BCUT2D eigenvalue weighted by Crippen LogP contribution is 2.43. The summed E-state index contributed by atoms with van der Waals surface area (Å²) >= 11 is 6.38. The van der Waals surface area contributed by atoms with Gasteiger partial charge in [-0.3, -0.25) is 9.59 Å². The molecule has 2 bridgehead atoms. The lowest BCUT2D eigenvalue weighted by Gasteiger charge is -2.36. The van der Waals surface area contributed by atoms with Crippen LogP contribution >= 0.6 is 11.6 Å². The van der Waals surface area contributed by atoms with Gasteiger partial charge in [0.25, 0.3) is 5.91 Å². The van der Waals surface area contributed by atoms with Crippen molar-refractivity contribution in [1.82, 2.24) is 4.90 Å². The summed E-state index contributed by atoms with van der Waals surface area (Å²) in [5.41, 5.74) is 4.54.